The first-order valence-electron chi connectivity index (χ1n) is 10.4. The normalized spacial score (nSPS) is 18.1. The number of urea groups is 1. The van der Waals surface area contributed by atoms with Gasteiger partial charge in [0.25, 0.3) is 12.3 Å². The first kappa shape index (κ1) is 24.4. The summed E-state index contributed by atoms with van der Waals surface area (Å²) < 4.78 is 53.9. The number of hydrogen-bond donors (Lipinski definition) is 2. The fourth-order valence-electron chi connectivity index (χ4n) is 3.89. The third-order valence-corrected chi connectivity index (χ3v) is 6.09. The molecule has 34 heavy (non-hydrogen) atoms. The summed E-state index contributed by atoms with van der Waals surface area (Å²) in [6.07, 6.45) is -2.78. The Hall–Kier alpha value is -2.71. The molecule has 2 aromatic rings. The number of fused-ring (bicyclic) bond motifs is 3. The molecule has 2 aliphatic rings. The standard InChI is InChI=1S/C20H21BrF4N6O3/c1-29-19(32)18-11-9-30(20(33)27-16-4-12(21)13(22)5-14(16)23)3-2-15(11)28-31(18)8-10(34-29)6-26-7-17(24)25/h4-5,10,17,26H,2-3,6-9H2,1H3,(H,27,33)/t10-/m0/s1. The van der Waals surface area contributed by atoms with Crippen LogP contribution in [0.2, 0.25) is 0 Å². The van der Waals surface area contributed by atoms with Crippen molar-refractivity contribution in [2.45, 2.75) is 32.0 Å². The maximum atomic E-state index is 14.1. The highest BCUT2D eigenvalue weighted by Gasteiger charge is 2.35. The molecule has 184 valence electrons. The third-order valence-electron chi connectivity index (χ3n) is 5.48. The van der Waals surface area contributed by atoms with E-state index >= 15 is 0 Å². The zero-order chi connectivity index (χ0) is 24.6. The maximum absolute atomic E-state index is 14.1. The molecule has 0 radical (unpaired) electrons. The Morgan fingerprint density at radius 2 is 2.09 bits per heavy atom. The molecule has 0 unspecified atom stereocenters. The van der Waals surface area contributed by atoms with Crippen molar-refractivity contribution in [2.24, 2.45) is 0 Å². The van der Waals surface area contributed by atoms with E-state index in [1.807, 2.05) is 0 Å². The van der Waals surface area contributed by atoms with E-state index in [1.165, 1.54) is 16.6 Å². The summed E-state index contributed by atoms with van der Waals surface area (Å²) in [5, 5.41) is 10.5. The molecule has 0 bridgehead atoms. The molecule has 0 aliphatic carbocycles. The smallest absolute Gasteiger partial charge is 0.320 e. The number of benzene rings is 1. The zero-order valence-electron chi connectivity index (χ0n) is 18.0. The summed E-state index contributed by atoms with van der Waals surface area (Å²) >= 11 is 2.96. The van der Waals surface area contributed by atoms with Crippen LogP contribution >= 0.6 is 15.9 Å². The quantitative estimate of drug-likeness (QED) is 0.443. The van der Waals surface area contributed by atoms with Gasteiger partial charge in [0.1, 0.15) is 23.4 Å². The Labute approximate surface area is 200 Å². The predicted octanol–water partition coefficient (Wildman–Crippen LogP) is 2.75. The number of alkyl halides is 2. The summed E-state index contributed by atoms with van der Waals surface area (Å²) in [4.78, 5) is 32.7. The van der Waals surface area contributed by atoms with Crippen LogP contribution in [-0.2, 0) is 24.3 Å². The Kier molecular flexibility index (Phi) is 7.09. The van der Waals surface area contributed by atoms with Crippen LogP contribution in [-0.4, -0.2) is 70.9 Å². The van der Waals surface area contributed by atoms with E-state index in [9.17, 15) is 27.2 Å². The van der Waals surface area contributed by atoms with Gasteiger partial charge in [-0.05, 0) is 22.0 Å². The minimum Gasteiger partial charge on any atom is -0.320 e. The molecule has 0 spiro atoms. The van der Waals surface area contributed by atoms with Crippen molar-refractivity contribution in [1.82, 2.24) is 25.1 Å². The number of amides is 3. The molecule has 14 heteroatoms. The highest BCUT2D eigenvalue weighted by molar-refractivity contribution is 9.10. The summed E-state index contributed by atoms with van der Waals surface area (Å²) in [5.74, 6) is -2.21. The molecule has 1 aromatic carbocycles. The van der Waals surface area contributed by atoms with Gasteiger partial charge in [0.2, 0.25) is 0 Å². The van der Waals surface area contributed by atoms with Gasteiger partial charge < -0.3 is 15.5 Å². The molecule has 0 saturated heterocycles. The van der Waals surface area contributed by atoms with Crippen molar-refractivity contribution in [3.8, 4) is 0 Å². The lowest BCUT2D eigenvalue weighted by molar-refractivity contribution is -0.146. The van der Waals surface area contributed by atoms with Crippen molar-refractivity contribution in [1.29, 1.82) is 0 Å². The minimum absolute atomic E-state index is 0.00156. The van der Waals surface area contributed by atoms with Crippen LogP contribution in [0.15, 0.2) is 16.6 Å². The van der Waals surface area contributed by atoms with Gasteiger partial charge >= 0.3 is 6.03 Å². The summed E-state index contributed by atoms with van der Waals surface area (Å²) in [7, 11) is 1.42. The number of halogens is 5. The Morgan fingerprint density at radius 3 is 2.82 bits per heavy atom. The van der Waals surface area contributed by atoms with E-state index in [-0.39, 0.29) is 42.0 Å². The van der Waals surface area contributed by atoms with Gasteiger partial charge in [0, 0.05) is 38.2 Å². The van der Waals surface area contributed by atoms with E-state index in [0.29, 0.717) is 23.7 Å². The number of nitrogens with one attached hydrogen (secondary N) is 2. The largest absolute Gasteiger partial charge is 0.322 e. The van der Waals surface area contributed by atoms with Gasteiger partial charge in [0.05, 0.1) is 35.5 Å². The maximum Gasteiger partial charge on any atom is 0.322 e. The minimum atomic E-state index is -2.51. The average Bonchev–Trinajstić information content (AvgIpc) is 3.07. The fraction of sp³-hybridized carbons (Fsp3) is 0.450. The van der Waals surface area contributed by atoms with Crippen molar-refractivity contribution < 1.29 is 32.0 Å². The number of hydroxylamine groups is 2. The van der Waals surface area contributed by atoms with Crippen molar-refractivity contribution >= 4 is 33.6 Å². The van der Waals surface area contributed by atoms with Gasteiger partial charge in [0.15, 0.2) is 0 Å². The molecular weight excluding hydrogens is 528 g/mol. The lowest BCUT2D eigenvalue weighted by Crippen LogP contribution is -2.40. The zero-order valence-corrected chi connectivity index (χ0v) is 19.5. The molecule has 2 N–H and O–H groups in total. The van der Waals surface area contributed by atoms with Crippen molar-refractivity contribution in [2.75, 3.05) is 32.0 Å². The number of nitrogens with zero attached hydrogens (tertiary/aromatic N) is 4. The lowest BCUT2D eigenvalue weighted by Gasteiger charge is -2.27. The van der Waals surface area contributed by atoms with Crippen LogP contribution in [0, 0.1) is 11.6 Å². The van der Waals surface area contributed by atoms with Crippen LogP contribution in [0.3, 0.4) is 0 Å². The number of carbonyl (C=O) groups excluding carboxylic acids is 2. The van der Waals surface area contributed by atoms with Gasteiger partial charge in [-0.2, -0.15) is 5.10 Å². The summed E-state index contributed by atoms with van der Waals surface area (Å²) in [6.45, 7) is 0.0255. The monoisotopic (exact) mass is 548 g/mol. The molecular formula is C20H21BrF4N6O3. The van der Waals surface area contributed by atoms with Crippen LogP contribution < -0.4 is 10.6 Å². The topological polar surface area (TPSA) is 91.7 Å². The predicted molar refractivity (Wildman–Crippen MR) is 115 cm³/mol. The molecule has 4 rings (SSSR count). The van der Waals surface area contributed by atoms with Crippen molar-refractivity contribution in [3.63, 3.8) is 0 Å². The molecule has 3 amide bonds. The van der Waals surface area contributed by atoms with Crippen LogP contribution in [0.25, 0.3) is 0 Å². The van der Waals surface area contributed by atoms with Gasteiger partial charge in [-0.1, -0.05) is 0 Å². The van der Waals surface area contributed by atoms with E-state index in [0.717, 1.165) is 11.1 Å². The van der Waals surface area contributed by atoms with E-state index in [4.69, 9.17) is 4.84 Å². The Morgan fingerprint density at radius 1 is 1.32 bits per heavy atom. The highest BCUT2D eigenvalue weighted by Crippen LogP contribution is 2.28. The number of carbonyl (C=O) groups is 2. The van der Waals surface area contributed by atoms with Crippen LogP contribution in [0.4, 0.5) is 28.0 Å². The van der Waals surface area contributed by atoms with Crippen LogP contribution in [0.1, 0.15) is 21.7 Å². The number of hydrogen-bond acceptors (Lipinski definition) is 5. The van der Waals surface area contributed by atoms with Gasteiger partial charge in [-0.3, -0.25) is 14.3 Å². The lowest BCUT2D eigenvalue weighted by atomic mass is 10.1. The van der Waals surface area contributed by atoms with Crippen LogP contribution in [0.5, 0.6) is 0 Å². The molecule has 2 aliphatic heterocycles. The molecule has 3 heterocycles. The van der Waals surface area contributed by atoms with E-state index in [1.54, 1.807) is 0 Å². The SMILES string of the molecule is CN1O[C@@H](CNCC(F)F)Cn2nc3c(c2C1=O)CN(C(=O)Nc1cc(Br)c(F)cc1F)CC3. The Bertz CT molecular complexity index is 1110. The van der Waals surface area contributed by atoms with Gasteiger partial charge in [-0.15, -0.1) is 0 Å². The third kappa shape index (κ3) is 5.03. The molecule has 0 fully saturated rings. The number of aromatic nitrogens is 2. The number of rotatable bonds is 5. The average molecular weight is 549 g/mol. The fourth-order valence-corrected chi connectivity index (χ4v) is 4.23. The molecule has 9 nitrogen and oxygen atoms in total. The van der Waals surface area contributed by atoms with E-state index in [2.05, 4.69) is 31.7 Å². The first-order valence-corrected chi connectivity index (χ1v) is 11.2. The second-order valence-corrected chi connectivity index (χ2v) is 8.74. The molecule has 0 saturated carbocycles. The summed E-state index contributed by atoms with van der Waals surface area (Å²) in [5.41, 5.74) is 1.21. The Balaban J connectivity index is 1.52. The van der Waals surface area contributed by atoms with Crippen molar-refractivity contribution in [3.05, 3.63) is 45.2 Å². The van der Waals surface area contributed by atoms with E-state index < -0.39 is 42.6 Å². The molecule has 1 atom stereocenters. The van der Waals surface area contributed by atoms with Gasteiger partial charge in [-0.25, -0.2) is 27.4 Å². The number of anilines is 1. The first-order chi connectivity index (χ1) is 16.1. The second-order valence-electron chi connectivity index (χ2n) is 7.88. The molecule has 1 aromatic heterocycles. The summed E-state index contributed by atoms with van der Waals surface area (Å²) in [6, 6.07) is 1.16. The highest BCUT2D eigenvalue weighted by atomic mass is 79.9. The second kappa shape index (κ2) is 9.88.